The lowest BCUT2D eigenvalue weighted by molar-refractivity contribution is 0.00545. The highest BCUT2D eigenvalue weighted by molar-refractivity contribution is 5.86. The number of benzene rings is 2. The maximum absolute atomic E-state index is 10.9. The molecule has 1 aliphatic rings. The molecule has 0 saturated heterocycles. The summed E-state index contributed by atoms with van der Waals surface area (Å²) < 4.78 is 7.99. The molecule has 0 unspecified atom stereocenters. The van der Waals surface area contributed by atoms with Crippen molar-refractivity contribution >= 4 is 27.8 Å². The first-order valence-electron chi connectivity index (χ1n) is 12.6. The summed E-state index contributed by atoms with van der Waals surface area (Å²) in [5, 5.41) is 23.4. The van der Waals surface area contributed by atoms with Crippen LogP contribution in [0.25, 0.3) is 21.9 Å². The molecular weight excluding hydrogens is 466 g/mol. The number of aliphatic hydroxyl groups is 2. The molecule has 4 atom stereocenters. The predicted molar refractivity (Wildman–Crippen MR) is 142 cm³/mol. The largest absolute Gasteiger partial charge is 0.488 e. The number of hydrogen-bond donors (Lipinski definition) is 3. The molecule has 1 fully saturated rings. The molecule has 1 aliphatic carbocycles. The summed E-state index contributed by atoms with van der Waals surface area (Å²) in [6.07, 6.45) is 5.56. The Hall–Kier alpha value is -4.01. The van der Waals surface area contributed by atoms with Crippen molar-refractivity contribution in [2.75, 3.05) is 5.73 Å². The molecule has 2 aromatic carbocycles. The Bertz CT molecular complexity index is 1540. The second-order valence-corrected chi connectivity index (χ2v) is 9.74. The summed E-state index contributed by atoms with van der Waals surface area (Å²) in [7, 11) is 0. The van der Waals surface area contributed by atoms with E-state index in [1.54, 1.807) is 6.20 Å². The van der Waals surface area contributed by atoms with E-state index in [0.29, 0.717) is 24.5 Å². The van der Waals surface area contributed by atoms with Crippen molar-refractivity contribution in [3.05, 3.63) is 90.5 Å². The van der Waals surface area contributed by atoms with Gasteiger partial charge in [-0.25, -0.2) is 9.97 Å². The van der Waals surface area contributed by atoms with Gasteiger partial charge in [-0.05, 0) is 60.6 Å². The Balaban J connectivity index is 1.15. The minimum absolute atomic E-state index is 0.0409. The highest BCUT2D eigenvalue weighted by Gasteiger charge is 2.42. The molecule has 188 valence electrons. The average molecular weight is 496 g/mol. The molecule has 8 nitrogen and oxygen atoms in total. The predicted octanol–water partition coefficient (Wildman–Crippen LogP) is 4.06. The SMILES string of the molecule is Nc1ncnc2c1ccn2[C@@H]1C[C@H](CCc2ccc3c(OCc4ccccc4)ccnc3c2)[C@@H](O)[C@H]1O. The van der Waals surface area contributed by atoms with E-state index in [4.69, 9.17) is 10.5 Å². The molecule has 3 heterocycles. The quantitative estimate of drug-likeness (QED) is 0.312. The van der Waals surface area contributed by atoms with Crippen molar-refractivity contribution in [3.63, 3.8) is 0 Å². The lowest BCUT2D eigenvalue weighted by atomic mass is 9.95. The number of nitrogen functional groups attached to an aromatic ring is 1. The number of rotatable bonds is 7. The first-order valence-corrected chi connectivity index (χ1v) is 12.6. The fourth-order valence-electron chi connectivity index (χ4n) is 5.46. The van der Waals surface area contributed by atoms with Crippen molar-refractivity contribution in [2.24, 2.45) is 5.92 Å². The van der Waals surface area contributed by atoms with E-state index >= 15 is 0 Å². The summed E-state index contributed by atoms with van der Waals surface area (Å²) in [6.45, 7) is 0.500. The van der Waals surface area contributed by atoms with Gasteiger partial charge in [-0.3, -0.25) is 4.98 Å². The number of anilines is 1. The van der Waals surface area contributed by atoms with Crippen LogP contribution in [0.5, 0.6) is 5.75 Å². The fraction of sp³-hybridized carbons (Fsp3) is 0.276. The number of aliphatic hydroxyl groups excluding tert-OH is 2. The van der Waals surface area contributed by atoms with Crippen molar-refractivity contribution in [3.8, 4) is 5.75 Å². The summed E-state index contributed by atoms with van der Waals surface area (Å²) >= 11 is 0. The molecule has 0 bridgehead atoms. The number of aromatic nitrogens is 4. The number of nitrogens with two attached hydrogens (primary N) is 1. The average Bonchev–Trinajstić information content (AvgIpc) is 3.48. The Labute approximate surface area is 214 Å². The van der Waals surface area contributed by atoms with E-state index < -0.39 is 12.2 Å². The Kier molecular flexibility index (Phi) is 6.20. The Morgan fingerprint density at radius 3 is 2.65 bits per heavy atom. The fourth-order valence-corrected chi connectivity index (χ4v) is 5.46. The minimum Gasteiger partial charge on any atom is -0.488 e. The number of nitrogens with zero attached hydrogens (tertiary/aromatic N) is 4. The lowest BCUT2D eigenvalue weighted by Gasteiger charge is -2.19. The third-order valence-corrected chi connectivity index (χ3v) is 7.48. The van der Waals surface area contributed by atoms with E-state index in [2.05, 4.69) is 33.2 Å². The number of fused-ring (bicyclic) bond motifs is 2. The van der Waals surface area contributed by atoms with Gasteiger partial charge in [-0.15, -0.1) is 0 Å². The standard InChI is InChI=1S/C29H29N5O3/c30-28-22-11-13-34(29(22)33-17-32-28)24-15-20(26(35)27(24)36)8-6-18-7-9-21-23(14-18)31-12-10-25(21)37-16-19-4-2-1-3-5-19/h1-5,7,9-14,17,20,24,26-27,35-36H,6,8,15-16H2,(H2,30,32,33)/t20-,24+,26+,27-/m0/s1. The summed E-state index contributed by atoms with van der Waals surface area (Å²) in [5.74, 6) is 1.17. The maximum atomic E-state index is 10.9. The van der Waals surface area contributed by atoms with Crippen molar-refractivity contribution in [2.45, 2.75) is 44.1 Å². The molecule has 0 radical (unpaired) electrons. The highest BCUT2D eigenvalue weighted by atomic mass is 16.5. The van der Waals surface area contributed by atoms with Crippen LogP contribution in [0.1, 0.15) is 30.0 Å². The maximum Gasteiger partial charge on any atom is 0.145 e. The molecule has 8 heteroatoms. The highest BCUT2D eigenvalue weighted by Crippen LogP contribution is 2.40. The smallest absolute Gasteiger partial charge is 0.145 e. The third kappa shape index (κ3) is 4.50. The van der Waals surface area contributed by atoms with Crippen LogP contribution in [0.15, 0.2) is 79.4 Å². The normalized spacial score (nSPS) is 21.6. The van der Waals surface area contributed by atoms with E-state index in [1.165, 1.54) is 6.33 Å². The summed E-state index contributed by atoms with van der Waals surface area (Å²) in [6, 6.07) is 19.8. The van der Waals surface area contributed by atoms with Gasteiger partial charge < -0.3 is 25.3 Å². The van der Waals surface area contributed by atoms with Crippen molar-refractivity contribution < 1.29 is 14.9 Å². The van der Waals surface area contributed by atoms with Crippen molar-refractivity contribution in [1.82, 2.24) is 19.5 Å². The van der Waals surface area contributed by atoms with Crippen molar-refractivity contribution in [1.29, 1.82) is 0 Å². The summed E-state index contributed by atoms with van der Waals surface area (Å²) in [4.78, 5) is 12.9. The van der Waals surface area contributed by atoms with Gasteiger partial charge in [0.25, 0.3) is 0 Å². The minimum atomic E-state index is -0.876. The zero-order chi connectivity index (χ0) is 25.4. The molecule has 5 aromatic rings. The van der Waals surface area contributed by atoms with Gasteiger partial charge in [0.05, 0.1) is 23.0 Å². The van der Waals surface area contributed by atoms with Gasteiger partial charge in [0.2, 0.25) is 0 Å². The molecular formula is C29H29N5O3. The third-order valence-electron chi connectivity index (χ3n) is 7.48. The van der Waals surface area contributed by atoms with Gasteiger partial charge in [0.1, 0.15) is 36.3 Å². The molecule has 37 heavy (non-hydrogen) atoms. The number of hydrogen-bond acceptors (Lipinski definition) is 7. The lowest BCUT2D eigenvalue weighted by Crippen LogP contribution is -2.29. The van der Waals surface area contributed by atoms with Gasteiger partial charge in [0.15, 0.2) is 0 Å². The van der Waals surface area contributed by atoms with Gasteiger partial charge in [0, 0.05) is 17.8 Å². The van der Waals surface area contributed by atoms with Crippen LogP contribution in [0.3, 0.4) is 0 Å². The molecule has 0 amide bonds. The van der Waals surface area contributed by atoms with E-state index in [0.717, 1.165) is 46.0 Å². The molecule has 0 aliphatic heterocycles. The topological polar surface area (TPSA) is 119 Å². The number of ether oxygens (including phenoxy) is 1. The molecule has 4 N–H and O–H groups in total. The zero-order valence-electron chi connectivity index (χ0n) is 20.3. The zero-order valence-corrected chi connectivity index (χ0v) is 20.3. The van der Waals surface area contributed by atoms with E-state index in [1.807, 2.05) is 53.2 Å². The van der Waals surface area contributed by atoms with E-state index in [9.17, 15) is 10.2 Å². The number of pyridine rings is 1. The van der Waals surface area contributed by atoms with Crippen LogP contribution < -0.4 is 10.5 Å². The monoisotopic (exact) mass is 495 g/mol. The summed E-state index contributed by atoms with van der Waals surface area (Å²) in [5.41, 5.74) is 9.78. The molecule has 3 aromatic heterocycles. The molecule has 6 rings (SSSR count). The van der Waals surface area contributed by atoms with Crippen LogP contribution in [-0.2, 0) is 13.0 Å². The van der Waals surface area contributed by atoms with Gasteiger partial charge >= 0.3 is 0 Å². The van der Waals surface area contributed by atoms with Gasteiger partial charge in [-0.1, -0.05) is 36.4 Å². The second kappa shape index (κ2) is 9.80. The first-order chi connectivity index (χ1) is 18.1. The van der Waals surface area contributed by atoms with Crippen LogP contribution in [-0.4, -0.2) is 41.9 Å². The van der Waals surface area contributed by atoms with Crippen LogP contribution in [0, 0.1) is 5.92 Å². The van der Waals surface area contributed by atoms with Crippen LogP contribution in [0.4, 0.5) is 5.82 Å². The Morgan fingerprint density at radius 2 is 1.78 bits per heavy atom. The van der Waals surface area contributed by atoms with E-state index in [-0.39, 0.29) is 12.0 Å². The second-order valence-electron chi connectivity index (χ2n) is 9.74. The van der Waals surface area contributed by atoms with Crippen LogP contribution >= 0.6 is 0 Å². The number of aryl methyl sites for hydroxylation is 1. The molecule has 0 spiro atoms. The Morgan fingerprint density at radius 1 is 0.919 bits per heavy atom. The molecule has 1 saturated carbocycles. The first kappa shape index (κ1) is 23.4. The van der Waals surface area contributed by atoms with Crippen LogP contribution in [0.2, 0.25) is 0 Å². The van der Waals surface area contributed by atoms with Gasteiger partial charge in [-0.2, -0.15) is 0 Å².